The van der Waals surface area contributed by atoms with E-state index in [1.807, 2.05) is 19.2 Å². The molecule has 0 aliphatic heterocycles. The number of rotatable bonds is 38. The van der Waals surface area contributed by atoms with E-state index in [1.165, 1.54) is 180 Å². The predicted octanol–water partition coefficient (Wildman–Crippen LogP) is 15.4. The molecule has 4 amide bonds. The number of unbranched alkanes of at least 4 members (excludes halogenated alkanes) is 30. The second-order valence-electron chi connectivity index (χ2n) is 19.9. The zero-order valence-corrected chi connectivity index (χ0v) is 41.2. The van der Waals surface area contributed by atoms with Crippen LogP contribution < -0.4 is 21.0 Å². The van der Waals surface area contributed by atoms with Gasteiger partial charge >= 0.3 is 12.1 Å². The van der Waals surface area contributed by atoms with Crippen molar-refractivity contribution in [3.63, 3.8) is 0 Å². The van der Waals surface area contributed by atoms with Crippen LogP contribution in [0.4, 0.5) is 21.2 Å². The van der Waals surface area contributed by atoms with E-state index in [-0.39, 0.29) is 17.5 Å². The maximum absolute atomic E-state index is 14.2. The Bertz CT molecular complexity index is 1440. The Morgan fingerprint density at radius 3 is 1.35 bits per heavy atom. The first-order valence-corrected chi connectivity index (χ1v) is 26.4. The SMILES string of the molecule is CCCCCCCCCCCCCCCCCCNC(=O)Nc1cc(C(C)(C)C)nn1N(C(=O)NCCCCCCCCCCCCCCCCCC)c1cc(C2CC2)nn1C. The number of aryl methyl sites for hydroxylation is 1. The summed E-state index contributed by atoms with van der Waals surface area (Å²) in [6, 6.07) is 3.33. The molecule has 0 saturated heterocycles. The summed E-state index contributed by atoms with van der Waals surface area (Å²) in [5.41, 5.74) is 1.48. The Balaban J connectivity index is 1.41. The molecular weight excluding hydrogens is 769 g/mol. The smallest absolute Gasteiger partial charge is 0.338 e. The molecule has 0 atom stereocenters. The maximum atomic E-state index is 14.2. The van der Waals surface area contributed by atoms with Gasteiger partial charge in [-0.3, -0.25) is 10.00 Å². The molecule has 10 heteroatoms. The van der Waals surface area contributed by atoms with Crippen molar-refractivity contribution in [2.45, 2.75) is 264 Å². The van der Waals surface area contributed by atoms with Gasteiger partial charge in [-0.1, -0.05) is 227 Å². The van der Waals surface area contributed by atoms with Crippen LogP contribution in [0.2, 0.25) is 0 Å². The van der Waals surface area contributed by atoms with Crippen molar-refractivity contribution >= 4 is 23.7 Å². The number of nitrogens with zero attached hydrogens (tertiary/aromatic N) is 5. The molecule has 62 heavy (non-hydrogen) atoms. The number of amides is 4. The van der Waals surface area contributed by atoms with Gasteiger partial charge in [0.05, 0.1) is 11.4 Å². The molecule has 2 aromatic rings. The van der Waals surface area contributed by atoms with Gasteiger partial charge in [-0.2, -0.15) is 15.2 Å². The van der Waals surface area contributed by atoms with Crippen molar-refractivity contribution in [3.05, 3.63) is 23.5 Å². The zero-order valence-electron chi connectivity index (χ0n) is 41.2. The number of urea groups is 2. The Labute approximate surface area is 380 Å². The molecule has 0 unspecified atom stereocenters. The summed E-state index contributed by atoms with van der Waals surface area (Å²) in [4.78, 5) is 29.1. The quantitative estimate of drug-likeness (QED) is 0.0584. The summed E-state index contributed by atoms with van der Waals surface area (Å²) < 4.78 is 1.77. The van der Waals surface area contributed by atoms with Crippen LogP contribution in [0.25, 0.3) is 0 Å². The number of hydrogen-bond acceptors (Lipinski definition) is 4. The van der Waals surface area contributed by atoms with E-state index in [1.54, 1.807) is 14.5 Å². The van der Waals surface area contributed by atoms with E-state index in [0.29, 0.717) is 30.6 Å². The van der Waals surface area contributed by atoms with Gasteiger partial charge in [-0.25, -0.2) is 9.59 Å². The average molecular weight is 865 g/mol. The molecule has 356 valence electrons. The summed E-state index contributed by atoms with van der Waals surface area (Å²) in [6.07, 6.45) is 44.4. The van der Waals surface area contributed by atoms with Crippen LogP contribution in [-0.2, 0) is 12.5 Å². The van der Waals surface area contributed by atoms with E-state index in [9.17, 15) is 9.59 Å². The normalized spacial score (nSPS) is 12.9. The molecule has 0 spiro atoms. The van der Waals surface area contributed by atoms with Crippen molar-refractivity contribution < 1.29 is 9.59 Å². The first-order chi connectivity index (χ1) is 30.2. The highest BCUT2D eigenvalue weighted by atomic mass is 16.2. The van der Waals surface area contributed by atoms with E-state index in [2.05, 4.69) is 50.6 Å². The third kappa shape index (κ3) is 23.1. The van der Waals surface area contributed by atoms with Crippen LogP contribution in [0.15, 0.2) is 12.1 Å². The zero-order chi connectivity index (χ0) is 44.7. The Morgan fingerprint density at radius 2 is 0.968 bits per heavy atom. The number of nitrogens with one attached hydrogen (secondary N) is 3. The Morgan fingerprint density at radius 1 is 0.581 bits per heavy atom. The third-order valence-corrected chi connectivity index (χ3v) is 12.8. The molecule has 3 N–H and O–H groups in total. The minimum atomic E-state index is -0.299. The minimum Gasteiger partial charge on any atom is -0.338 e. The van der Waals surface area contributed by atoms with Gasteiger partial charge in [0.25, 0.3) is 0 Å². The molecule has 1 aliphatic rings. The second-order valence-corrected chi connectivity index (χ2v) is 19.9. The predicted molar refractivity (Wildman–Crippen MR) is 263 cm³/mol. The van der Waals surface area contributed by atoms with Gasteiger partial charge in [0, 0.05) is 43.6 Å². The van der Waals surface area contributed by atoms with Crippen molar-refractivity contribution in [3.8, 4) is 0 Å². The fourth-order valence-electron chi connectivity index (χ4n) is 8.50. The number of carbonyl (C=O) groups is 2. The second kappa shape index (κ2) is 32.6. The highest BCUT2D eigenvalue weighted by Crippen LogP contribution is 2.40. The molecule has 3 rings (SSSR count). The van der Waals surface area contributed by atoms with Crippen LogP contribution in [0.5, 0.6) is 0 Å². The van der Waals surface area contributed by atoms with E-state index in [4.69, 9.17) is 10.2 Å². The molecule has 0 aromatic carbocycles. The van der Waals surface area contributed by atoms with Crippen LogP contribution in [0, 0.1) is 0 Å². The lowest BCUT2D eigenvalue weighted by molar-refractivity contribution is 0.242. The molecule has 10 nitrogen and oxygen atoms in total. The lowest BCUT2D eigenvalue weighted by Gasteiger charge is -2.24. The molecule has 1 saturated carbocycles. The molecule has 0 bridgehead atoms. The van der Waals surface area contributed by atoms with Gasteiger partial charge in [0.1, 0.15) is 0 Å². The summed E-state index contributed by atoms with van der Waals surface area (Å²) in [6.45, 7) is 12.0. The van der Waals surface area contributed by atoms with Gasteiger partial charge in [-0.05, 0) is 25.7 Å². The van der Waals surface area contributed by atoms with Crippen molar-refractivity contribution in [2.24, 2.45) is 7.05 Å². The first-order valence-electron chi connectivity index (χ1n) is 26.4. The molecule has 0 radical (unpaired) electrons. The van der Waals surface area contributed by atoms with Crippen molar-refractivity contribution in [2.75, 3.05) is 23.4 Å². The summed E-state index contributed by atoms with van der Waals surface area (Å²) in [5.74, 6) is 1.50. The topological polar surface area (TPSA) is 109 Å². The van der Waals surface area contributed by atoms with Gasteiger partial charge < -0.3 is 10.6 Å². The molecule has 2 heterocycles. The number of carbonyl (C=O) groups excluding carboxylic acids is 2. The highest BCUT2D eigenvalue weighted by Gasteiger charge is 2.32. The molecular formula is C52H96N8O2. The average Bonchev–Trinajstić information content (AvgIpc) is 3.91. The molecule has 2 aromatic heterocycles. The fraction of sp³-hybridized carbons (Fsp3) is 0.846. The Hall–Kier alpha value is -3.04. The van der Waals surface area contributed by atoms with Gasteiger partial charge in [0.2, 0.25) is 0 Å². The van der Waals surface area contributed by atoms with Crippen LogP contribution in [-0.4, -0.2) is 44.8 Å². The van der Waals surface area contributed by atoms with E-state index >= 15 is 0 Å². The maximum Gasteiger partial charge on any atom is 0.344 e. The standard InChI is InChI=1S/C52H96N8O2/c1-7-9-11-13-15-17-19-21-23-25-27-29-31-33-35-37-41-53-50(61)55-48-44-47(52(3,4)5)57-60(48)59(49-43-46(45-39-40-45)56-58(49)6)51(62)54-42-38-36-34-32-30-28-26-24-22-20-18-16-14-12-10-8-2/h43-45H,7-42H2,1-6H3,(H,54,62)(H2,53,55,61). The van der Waals surface area contributed by atoms with Crippen molar-refractivity contribution in [1.82, 2.24) is 30.3 Å². The first kappa shape index (κ1) is 53.3. The van der Waals surface area contributed by atoms with Gasteiger partial charge in [-0.15, -0.1) is 4.79 Å². The Kier molecular flexibility index (Phi) is 28.0. The number of aromatic nitrogens is 4. The molecule has 1 fully saturated rings. The summed E-state index contributed by atoms with van der Waals surface area (Å²) in [5, 5.41) is 20.6. The summed E-state index contributed by atoms with van der Waals surface area (Å²) >= 11 is 0. The lowest BCUT2D eigenvalue weighted by Crippen LogP contribution is -2.46. The summed E-state index contributed by atoms with van der Waals surface area (Å²) in [7, 11) is 1.88. The largest absolute Gasteiger partial charge is 0.344 e. The van der Waals surface area contributed by atoms with Crippen LogP contribution >= 0.6 is 0 Å². The third-order valence-electron chi connectivity index (χ3n) is 12.8. The number of anilines is 2. The fourth-order valence-corrected chi connectivity index (χ4v) is 8.50. The monoisotopic (exact) mass is 865 g/mol. The van der Waals surface area contributed by atoms with Crippen LogP contribution in [0.3, 0.4) is 0 Å². The highest BCUT2D eigenvalue weighted by molar-refractivity contribution is 5.93. The van der Waals surface area contributed by atoms with Crippen molar-refractivity contribution in [1.29, 1.82) is 0 Å². The van der Waals surface area contributed by atoms with Gasteiger partial charge in [0.15, 0.2) is 11.6 Å². The minimum absolute atomic E-state index is 0.281. The molecule has 1 aliphatic carbocycles. The van der Waals surface area contributed by atoms with E-state index < -0.39 is 0 Å². The van der Waals surface area contributed by atoms with E-state index in [0.717, 1.165) is 49.9 Å². The lowest BCUT2D eigenvalue weighted by atomic mass is 9.92. The van der Waals surface area contributed by atoms with Crippen LogP contribution in [0.1, 0.15) is 270 Å². The number of hydrogen-bond donors (Lipinski definition) is 3.